The molecule has 1 atom stereocenters. The van der Waals surface area contributed by atoms with Crippen molar-refractivity contribution in [2.75, 3.05) is 24.5 Å². The smallest absolute Gasteiger partial charge is 0.264 e. The zero-order valence-electron chi connectivity index (χ0n) is 25.7. The molecule has 0 unspecified atom stereocenters. The topological polar surface area (TPSA) is 96.0 Å². The average molecular weight is 727 g/mol. The molecule has 0 fully saturated rings. The Morgan fingerprint density at radius 1 is 0.913 bits per heavy atom. The summed E-state index contributed by atoms with van der Waals surface area (Å²) in [5.74, 6) is -0.508. The molecule has 0 aromatic heterocycles. The minimum atomic E-state index is -4.24. The number of benzene rings is 4. The summed E-state index contributed by atoms with van der Waals surface area (Å²) in [5, 5.41) is 3.18. The van der Waals surface area contributed by atoms with Crippen LogP contribution in [0.2, 0.25) is 5.02 Å². The van der Waals surface area contributed by atoms with Gasteiger partial charge in [0.1, 0.15) is 18.3 Å². The summed E-state index contributed by atoms with van der Waals surface area (Å²) in [6.07, 6.45) is 1.91. The number of carbonyl (C=O) groups is 2. The first-order chi connectivity index (χ1) is 22.1. The molecule has 0 saturated heterocycles. The molecule has 0 spiro atoms. The van der Waals surface area contributed by atoms with Crippen LogP contribution in [0.5, 0.6) is 5.75 Å². The molecule has 11 heteroatoms. The molecule has 0 radical (unpaired) electrons. The van der Waals surface area contributed by atoms with Crippen molar-refractivity contribution in [3.05, 3.63) is 124 Å². The SMILES string of the molecule is CCCCNC(=O)[C@H](Cc1ccccc1)N(Cc1ccc(Br)cc1)C(=O)CN(c1ccc(OC)c(Cl)c1)S(=O)(=O)c1ccccc1. The predicted molar refractivity (Wildman–Crippen MR) is 186 cm³/mol. The fraction of sp³-hybridized carbons (Fsp3) is 0.257. The molecule has 4 aromatic rings. The van der Waals surface area contributed by atoms with Crippen molar-refractivity contribution >= 4 is 55.1 Å². The Morgan fingerprint density at radius 2 is 1.57 bits per heavy atom. The minimum Gasteiger partial charge on any atom is -0.495 e. The third-order valence-corrected chi connectivity index (χ3v) is 10.0. The number of unbranched alkanes of at least 4 members (excludes halogenated alkanes) is 1. The highest BCUT2D eigenvalue weighted by Crippen LogP contribution is 2.32. The zero-order chi connectivity index (χ0) is 33.1. The Labute approximate surface area is 284 Å². The molecule has 0 aliphatic carbocycles. The van der Waals surface area contributed by atoms with Gasteiger partial charge in [0.2, 0.25) is 11.8 Å². The Bertz CT molecular complexity index is 1710. The van der Waals surface area contributed by atoms with Crippen molar-refractivity contribution in [1.82, 2.24) is 10.2 Å². The minimum absolute atomic E-state index is 0.00680. The number of ether oxygens (including phenoxy) is 1. The van der Waals surface area contributed by atoms with Gasteiger partial charge in [-0.3, -0.25) is 13.9 Å². The number of nitrogens with zero attached hydrogens (tertiary/aromatic N) is 2. The van der Waals surface area contributed by atoms with Crippen molar-refractivity contribution < 1.29 is 22.7 Å². The number of nitrogens with one attached hydrogen (secondary N) is 1. The van der Waals surface area contributed by atoms with E-state index in [2.05, 4.69) is 21.2 Å². The lowest BCUT2D eigenvalue weighted by molar-refractivity contribution is -0.140. The normalized spacial score (nSPS) is 11.8. The summed E-state index contributed by atoms with van der Waals surface area (Å²) >= 11 is 9.89. The molecule has 0 heterocycles. The van der Waals surface area contributed by atoms with Gasteiger partial charge in [-0.1, -0.05) is 102 Å². The highest BCUT2D eigenvalue weighted by molar-refractivity contribution is 9.10. The molecular weight excluding hydrogens is 690 g/mol. The van der Waals surface area contributed by atoms with Crippen LogP contribution < -0.4 is 14.4 Å². The monoisotopic (exact) mass is 725 g/mol. The Hall–Kier alpha value is -3.86. The van der Waals surface area contributed by atoms with Crippen molar-refractivity contribution in [2.45, 2.75) is 43.7 Å². The van der Waals surface area contributed by atoms with Gasteiger partial charge in [0.25, 0.3) is 10.0 Å². The second-order valence-corrected chi connectivity index (χ2v) is 13.8. The number of rotatable bonds is 15. The summed E-state index contributed by atoms with van der Waals surface area (Å²) in [6, 6.07) is 28.4. The van der Waals surface area contributed by atoms with E-state index in [0.717, 1.165) is 32.7 Å². The van der Waals surface area contributed by atoms with Crippen molar-refractivity contribution in [2.24, 2.45) is 0 Å². The average Bonchev–Trinajstić information content (AvgIpc) is 3.06. The van der Waals surface area contributed by atoms with E-state index in [4.69, 9.17) is 16.3 Å². The van der Waals surface area contributed by atoms with Gasteiger partial charge < -0.3 is 15.0 Å². The van der Waals surface area contributed by atoms with Crippen LogP contribution in [0.4, 0.5) is 5.69 Å². The first kappa shape index (κ1) is 35.0. The third kappa shape index (κ3) is 9.11. The third-order valence-electron chi connectivity index (χ3n) is 7.40. The predicted octanol–water partition coefficient (Wildman–Crippen LogP) is 6.86. The lowest BCUT2D eigenvalue weighted by atomic mass is 10.0. The van der Waals surface area contributed by atoms with E-state index in [1.54, 1.807) is 24.3 Å². The maximum absolute atomic E-state index is 14.5. The van der Waals surface area contributed by atoms with Gasteiger partial charge in [0.05, 0.1) is 22.7 Å². The molecule has 8 nitrogen and oxygen atoms in total. The molecule has 4 aromatic carbocycles. The molecule has 2 amide bonds. The van der Waals surface area contributed by atoms with Gasteiger partial charge in [-0.25, -0.2) is 8.42 Å². The molecule has 0 saturated carbocycles. The lowest BCUT2D eigenvalue weighted by Gasteiger charge is -2.34. The number of halogens is 2. The molecule has 0 aliphatic heterocycles. The number of hydrogen-bond donors (Lipinski definition) is 1. The summed E-state index contributed by atoms with van der Waals surface area (Å²) < 4.78 is 35.4. The van der Waals surface area contributed by atoms with Crippen molar-refractivity contribution in [1.29, 1.82) is 0 Å². The van der Waals surface area contributed by atoms with Crippen molar-refractivity contribution in [3.8, 4) is 5.75 Å². The van der Waals surface area contributed by atoms with E-state index in [1.165, 1.54) is 36.3 Å². The van der Waals surface area contributed by atoms with Gasteiger partial charge in [-0.05, 0) is 60.0 Å². The Balaban J connectivity index is 1.80. The second kappa shape index (κ2) is 16.6. The molecule has 46 heavy (non-hydrogen) atoms. The maximum atomic E-state index is 14.5. The number of carbonyl (C=O) groups excluding carboxylic acids is 2. The van der Waals surface area contributed by atoms with E-state index in [-0.39, 0.29) is 34.5 Å². The van der Waals surface area contributed by atoms with Crippen LogP contribution in [0.15, 0.2) is 112 Å². The molecule has 0 aliphatic rings. The van der Waals surface area contributed by atoms with E-state index in [1.807, 2.05) is 61.5 Å². The quantitative estimate of drug-likeness (QED) is 0.135. The highest BCUT2D eigenvalue weighted by Gasteiger charge is 2.34. The summed E-state index contributed by atoms with van der Waals surface area (Å²) in [6.45, 7) is 1.99. The van der Waals surface area contributed by atoms with Crippen LogP contribution in [0.25, 0.3) is 0 Å². The van der Waals surface area contributed by atoms with Crippen LogP contribution >= 0.6 is 27.5 Å². The largest absolute Gasteiger partial charge is 0.495 e. The second-order valence-electron chi connectivity index (χ2n) is 10.6. The summed E-state index contributed by atoms with van der Waals surface area (Å²) in [5.41, 5.74) is 1.82. The number of sulfonamides is 1. The van der Waals surface area contributed by atoms with E-state index >= 15 is 0 Å². The van der Waals surface area contributed by atoms with Crippen LogP contribution in [-0.2, 0) is 32.6 Å². The van der Waals surface area contributed by atoms with E-state index < -0.39 is 28.5 Å². The standard InChI is InChI=1S/C35H37BrClN3O5S/c1-3-4-21-38-35(42)32(22-26-11-7-5-8-12-26)39(24-27-15-17-28(36)18-16-27)34(41)25-40(29-19-20-33(45-2)31(37)23-29)46(43,44)30-13-9-6-10-14-30/h5-20,23,32H,3-4,21-22,24-25H2,1-2H3,(H,38,42)/t32-/m0/s1. The number of methoxy groups -OCH3 is 1. The van der Waals surface area contributed by atoms with Crippen LogP contribution in [0.1, 0.15) is 30.9 Å². The molecular formula is C35H37BrClN3O5S. The maximum Gasteiger partial charge on any atom is 0.264 e. The lowest BCUT2D eigenvalue weighted by Crippen LogP contribution is -2.53. The first-order valence-electron chi connectivity index (χ1n) is 14.9. The number of hydrogen-bond acceptors (Lipinski definition) is 5. The van der Waals surface area contributed by atoms with Gasteiger partial charge >= 0.3 is 0 Å². The first-order valence-corrected chi connectivity index (χ1v) is 17.5. The van der Waals surface area contributed by atoms with Gasteiger partial charge in [0, 0.05) is 24.0 Å². The Morgan fingerprint density at radius 3 is 2.17 bits per heavy atom. The molecule has 4 rings (SSSR count). The molecule has 242 valence electrons. The highest BCUT2D eigenvalue weighted by atomic mass is 79.9. The van der Waals surface area contributed by atoms with Crippen molar-refractivity contribution in [3.63, 3.8) is 0 Å². The molecule has 1 N–H and O–H groups in total. The van der Waals surface area contributed by atoms with Gasteiger partial charge in [-0.15, -0.1) is 0 Å². The number of amides is 2. The Kier molecular flexibility index (Phi) is 12.7. The van der Waals surface area contributed by atoms with Crippen LogP contribution in [0, 0.1) is 0 Å². The molecule has 0 bridgehead atoms. The summed E-state index contributed by atoms with van der Waals surface area (Å²) in [4.78, 5) is 29.8. The summed E-state index contributed by atoms with van der Waals surface area (Å²) in [7, 11) is -2.78. The van der Waals surface area contributed by atoms with E-state index in [0.29, 0.717) is 12.3 Å². The van der Waals surface area contributed by atoms with E-state index in [9.17, 15) is 18.0 Å². The fourth-order valence-corrected chi connectivity index (χ4v) is 6.85. The number of anilines is 1. The van der Waals surface area contributed by atoms with Gasteiger partial charge in [-0.2, -0.15) is 0 Å². The fourth-order valence-electron chi connectivity index (χ4n) is 4.91. The van der Waals surface area contributed by atoms with Crippen LogP contribution in [-0.4, -0.2) is 51.4 Å². The van der Waals surface area contributed by atoms with Crippen LogP contribution in [0.3, 0.4) is 0 Å². The van der Waals surface area contributed by atoms with Gasteiger partial charge in [0.15, 0.2) is 0 Å². The zero-order valence-corrected chi connectivity index (χ0v) is 28.9.